The summed E-state index contributed by atoms with van der Waals surface area (Å²) in [6, 6.07) is 7.98. The van der Waals surface area contributed by atoms with Crippen molar-refractivity contribution in [3.05, 3.63) is 29.8 Å². The number of carbonyl (C=O) groups excluding carboxylic acids is 1. The number of anilines is 1. The van der Waals surface area contributed by atoms with E-state index in [1.54, 1.807) is 0 Å². The van der Waals surface area contributed by atoms with Gasteiger partial charge in [-0.2, -0.15) is 0 Å². The molecule has 0 aromatic heterocycles. The van der Waals surface area contributed by atoms with Gasteiger partial charge in [-0.05, 0) is 51.8 Å². The molecule has 0 bridgehead atoms. The molecule has 1 aromatic rings. The zero-order chi connectivity index (χ0) is 14.5. The molecule has 0 saturated heterocycles. The van der Waals surface area contributed by atoms with Gasteiger partial charge in [-0.15, -0.1) is 12.4 Å². The van der Waals surface area contributed by atoms with Crippen LogP contribution in [-0.2, 0) is 16.0 Å². The van der Waals surface area contributed by atoms with Gasteiger partial charge in [0.1, 0.15) is 5.60 Å². The van der Waals surface area contributed by atoms with E-state index in [1.807, 2.05) is 52.0 Å². The molecule has 0 radical (unpaired) electrons. The van der Waals surface area contributed by atoms with E-state index < -0.39 is 5.60 Å². The molecule has 4 nitrogen and oxygen atoms in total. The first-order chi connectivity index (χ1) is 8.76. The highest BCUT2D eigenvalue weighted by Crippen LogP contribution is 2.08. The van der Waals surface area contributed by atoms with Crippen LogP contribution in [0.3, 0.4) is 0 Å². The van der Waals surface area contributed by atoms with Crippen molar-refractivity contribution >= 4 is 24.1 Å². The Bertz CT molecular complexity index is 413. The number of rotatable bonds is 5. The molecule has 20 heavy (non-hydrogen) atoms. The number of halogens is 1. The van der Waals surface area contributed by atoms with Crippen LogP contribution in [0.4, 0.5) is 5.69 Å². The van der Waals surface area contributed by atoms with Gasteiger partial charge < -0.3 is 15.8 Å². The molecular formula is C15H25ClN2O2. The second-order valence-electron chi connectivity index (χ2n) is 5.81. The summed E-state index contributed by atoms with van der Waals surface area (Å²) in [6.45, 7) is 7.86. The fraction of sp³-hybridized carbons (Fsp3) is 0.533. The molecule has 0 spiro atoms. The zero-order valence-corrected chi connectivity index (χ0v) is 13.4. The fourth-order valence-corrected chi connectivity index (χ4v) is 1.71. The number of nitrogen functional groups attached to an aromatic ring is 1. The summed E-state index contributed by atoms with van der Waals surface area (Å²) < 4.78 is 5.24. The minimum absolute atomic E-state index is 0. The van der Waals surface area contributed by atoms with E-state index in [2.05, 4.69) is 5.32 Å². The second-order valence-corrected chi connectivity index (χ2v) is 5.81. The minimum Gasteiger partial charge on any atom is -0.459 e. The van der Waals surface area contributed by atoms with Gasteiger partial charge in [0.2, 0.25) is 0 Å². The number of benzene rings is 1. The highest BCUT2D eigenvalue weighted by molar-refractivity contribution is 5.85. The molecule has 1 aromatic carbocycles. The van der Waals surface area contributed by atoms with Crippen LogP contribution in [0.15, 0.2) is 24.3 Å². The number of nitrogens with two attached hydrogens (primary N) is 1. The Hall–Kier alpha value is -1.26. The Kier molecular flexibility index (Phi) is 7.61. The summed E-state index contributed by atoms with van der Waals surface area (Å²) in [6.07, 6.45) is 0.850. The highest BCUT2D eigenvalue weighted by atomic mass is 35.5. The van der Waals surface area contributed by atoms with E-state index in [9.17, 15) is 4.79 Å². The summed E-state index contributed by atoms with van der Waals surface area (Å²) in [7, 11) is 0. The van der Waals surface area contributed by atoms with Gasteiger partial charge in [-0.1, -0.05) is 12.1 Å². The third-order valence-electron chi connectivity index (χ3n) is 2.54. The third kappa shape index (κ3) is 8.02. The number of hydrogen-bond donors (Lipinski definition) is 2. The van der Waals surface area contributed by atoms with Crippen LogP contribution >= 0.6 is 12.4 Å². The SMILES string of the molecule is CC(Cc1ccc(N)cc1)NCC(=O)OC(C)(C)C.Cl. The number of hydrogen-bond acceptors (Lipinski definition) is 4. The monoisotopic (exact) mass is 300 g/mol. The Labute approximate surface area is 127 Å². The lowest BCUT2D eigenvalue weighted by Crippen LogP contribution is -2.36. The van der Waals surface area contributed by atoms with E-state index in [0.29, 0.717) is 0 Å². The third-order valence-corrected chi connectivity index (χ3v) is 2.54. The van der Waals surface area contributed by atoms with E-state index >= 15 is 0 Å². The normalized spacial score (nSPS) is 12.4. The minimum atomic E-state index is -0.432. The molecule has 1 unspecified atom stereocenters. The van der Waals surface area contributed by atoms with Crippen molar-refractivity contribution in [1.29, 1.82) is 0 Å². The first-order valence-electron chi connectivity index (χ1n) is 6.56. The van der Waals surface area contributed by atoms with Gasteiger partial charge in [-0.25, -0.2) is 0 Å². The van der Waals surface area contributed by atoms with Crippen molar-refractivity contribution in [1.82, 2.24) is 5.32 Å². The molecule has 3 N–H and O–H groups in total. The van der Waals surface area contributed by atoms with Gasteiger partial charge in [0, 0.05) is 11.7 Å². The fourth-order valence-electron chi connectivity index (χ4n) is 1.71. The number of carbonyl (C=O) groups is 1. The Morgan fingerprint density at radius 2 is 1.85 bits per heavy atom. The molecule has 0 aliphatic carbocycles. The maximum absolute atomic E-state index is 11.6. The van der Waals surface area contributed by atoms with Crippen LogP contribution < -0.4 is 11.1 Å². The van der Waals surface area contributed by atoms with Crippen LogP contribution in [-0.4, -0.2) is 24.2 Å². The second kappa shape index (κ2) is 8.12. The van der Waals surface area contributed by atoms with Gasteiger partial charge in [-0.3, -0.25) is 4.79 Å². The summed E-state index contributed by atoms with van der Waals surface area (Å²) in [5, 5.41) is 3.16. The molecule has 1 atom stereocenters. The van der Waals surface area contributed by atoms with Crippen molar-refractivity contribution in [2.75, 3.05) is 12.3 Å². The van der Waals surface area contributed by atoms with Crippen molar-refractivity contribution in [3.63, 3.8) is 0 Å². The lowest BCUT2D eigenvalue weighted by molar-refractivity contribution is -0.153. The summed E-state index contributed by atoms with van der Waals surface area (Å²) >= 11 is 0. The van der Waals surface area contributed by atoms with Crippen molar-refractivity contribution in [2.45, 2.75) is 45.8 Å². The highest BCUT2D eigenvalue weighted by Gasteiger charge is 2.16. The lowest BCUT2D eigenvalue weighted by atomic mass is 10.1. The molecule has 0 heterocycles. The predicted octanol–water partition coefficient (Wildman–Crippen LogP) is 2.55. The summed E-state index contributed by atoms with van der Waals surface area (Å²) in [4.78, 5) is 11.6. The Balaban J connectivity index is 0.00000361. The summed E-state index contributed by atoms with van der Waals surface area (Å²) in [5.41, 5.74) is 7.16. The molecule has 5 heteroatoms. The van der Waals surface area contributed by atoms with Gasteiger partial charge in [0.05, 0.1) is 6.54 Å². The molecular weight excluding hydrogens is 276 g/mol. The van der Waals surface area contributed by atoms with Gasteiger partial charge in [0.15, 0.2) is 0 Å². The first kappa shape index (κ1) is 18.7. The van der Waals surface area contributed by atoms with Crippen LogP contribution in [0, 0.1) is 0 Å². The zero-order valence-electron chi connectivity index (χ0n) is 12.6. The Morgan fingerprint density at radius 1 is 1.30 bits per heavy atom. The average molecular weight is 301 g/mol. The lowest BCUT2D eigenvalue weighted by Gasteiger charge is -2.20. The van der Waals surface area contributed by atoms with Crippen LogP contribution in [0.2, 0.25) is 0 Å². The van der Waals surface area contributed by atoms with Crippen LogP contribution in [0.25, 0.3) is 0 Å². The first-order valence-corrected chi connectivity index (χ1v) is 6.56. The van der Waals surface area contributed by atoms with Crippen molar-refractivity contribution in [3.8, 4) is 0 Å². The van der Waals surface area contributed by atoms with E-state index in [0.717, 1.165) is 12.1 Å². The molecule has 114 valence electrons. The van der Waals surface area contributed by atoms with Crippen molar-refractivity contribution in [2.24, 2.45) is 0 Å². The molecule has 0 amide bonds. The van der Waals surface area contributed by atoms with Crippen LogP contribution in [0.5, 0.6) is 0 Å². The number of nitrogens with one attached hydrogen (secondary N) is 1. The largest absolute Gasteiger partial charge is 0.459 e. The molecule has 1 rings (SSSR count). The van der Waals surface area contributed by atoms with E-state index in [1.165, 1.54) is 5.56 Å². The average Bonchev–Trinajstić information content (AvgIpc) is 2.27. The molecule has 0 fully saturated rings. The topological polar surface area (TPSA) is 64.3 Å². The Morgan fingerprint density at radius 3 is 2.35 bits per heavy atom. The number of esters is 1. The number of ether oxygens (including phenoxy) is 1. The smallest absolute Gasteiger partial charge is 0.320 e. The molecule has 0 aliphatic heterocycles. The summed E-state index contributed by atoms with van der Waals surface area (Å²) in [5.74, 6) is -0.225. The van der Waals surface area contributed by atoms with Crippen LogP contribution in [0.1, 0.15) is 33.3 Å². The van der Waals surface area contributed by atoms with E-state index in [4.69, 9.17) is 10.5 Å². The maximum Gasteiger partial charge on any atom is 0.320 e. The predicted molar refractivity (Wildman–Crippen MR) is 85.1 cm³/mol. The maximum atomic E-state index is 11.6. The van der Waals surface area contributed by atoms with E-state index in [-0.39, 0.29) is 31.0 Å². The standard InChI is InChI=1S/C15H24N2O2.ClH/c1-11(9-12-5-7-13(16)8-6-12)17-10-14(18)19-15(2,3)4;/h5-8,11,17H,9-10,16H2,1-4H3;1H. The molecule has 0 aliphatic rings. The molecule has 0 saturated carbocycles. The van der Waals surface area contributed by atoms with Gasteiger partial charge >= 0.3 is 5.97 Å². The quantitative estimate of drug-likeness (QED) is 0.648. The van der Waals surface area contributed by atoms with Gasteiger partial charge in [0.25, 0.3) is 0 Å². The van der Waals surface area contributed by atoms with Crippen molar-refractivity contribution < 1.29 is 9.53 Å².